The van der Waals surface area contributed by atoms with E-state index in [0.29, 0.717) is 17.8 Å². The summed E-state index contributed by atoms with van der Waals surface area (Å²) >= 11 is 0. The van der Waals surface area contributed by atoms with Crippen LogP contribution in [0.5, 0.6) is 5.75 Å². The number of hydrogen-bond acceptors (Lipinski definition) is 5. The Morgan fingerprint density at radius 3 is 2.79 bits per heavy atom. The van der Waals surface area contributed by atoms with Crippen molar-refractivity contribution in [2.75, 3.05) is 0 Å². The lowest BCUT2D eigenvalue weighted by Crippen LogP contribution is -2.20. The van der Waals surface area contributed by atoms with Gasteiger partial charge in [0.05, 0.1) is 11.0 Å². The lowest BCUT2D eigenvalue weighted by Gasteiger charge is -2.11. The number of nitrogens with zero attached hydrogens (tertiary/aromatic N) is 3. The molecular formula is C21H20N4O3. The van der Waals surface area contributed by atoms with Crippen LogP contribution in [0.1, 0.15) is 37.6 Å². The van der Waals surface area contributed by atoms with E-state index < -0.39 is 0 Å². The zero-order chi connectivity index (χ0) is 18.9. The summed E-state index contributed by atoms with van der Waals surface area (Å²) in [5.41, 5.74) is 2.46. The molecule has 0 aliphatic heterocycles. The Bertz CT molecular complexity index is 1150. The third kappa shape index (κ3) is 3.09. The zero-order valence-corrected chi connectivity index (χ0v) is 15.3. The number of para-hydroxylation sites is 1. The van der Waals surface area contributed by atoms with E-state index >= 15 is 0 Å². The summed E-state index contributed by atoms with van der Waals surface area (Å²) < 4.78 is 12.8. The highest BCUT2D eigenvalue weighted by molar-refractivity contribution is 5.80. The van der Waals surface area contributed by atoms with Gasteiger partial charge in [0, 0.05) is 11.6 Å². The number of ether oxygens (including phenoxy) is 1. The summed E-state index contributed by atoms with van der Waals surface area (Å²) in [7, 11) is 0. The van der Waals surface area contributed by atoms with Crippen LogP contribution in [0.25, 0.3) is 22.4 Å². The molecule has 0 spiro atoms. The fourth-order valence-electron chi connectivity index (χ4n) is 3.89. The second-order valence-corrected chi connectivity index (χ2v) is 7.08. The Balaban J connectivity index is 1.39. The Kier molecular flexibility index (Phi) is 4.20. The van der Waals surface area contributed by atoms with E-state index in [4.69, 9.17) is 9.26 Å². The number of hydrogen-bond donors (Lipinski definition) is 1. The van der Waals surface area contributed by atoms with Crippen LogP contribution in [0.2, 0.25) is 0 Å². The van der Waals surface area contributed by atoms with Crippen molar-refractivity contribution in [1.29, 1.82) is 0 Å². The molecule has 0 bridgehead atoms. The molecule has 5 rings (SSSR count). The van der Waals surface area contributed by atoms with E-state index in [0.717, 1.165) is 35.2 Å². The molecule has 7 nitrogen and oxygen atoms in total. The maximum Gasteiger partial charge on any atom is 0.326 e. The molecule has 2 heterocycles. The molecule has 4 aromatic rings. The van der Waals surface area contributed by atoms with Gasteiger partial charge in [-0.15, -0.1) is 0 Å². The fourth-order valence-corrected chi connectivity index (χ4v) is 3.89. The number of fused-ring (bicyclic) bond motifs is 1. The fraction of sp³-hybridized carbons (Fsp3) is 0.286. The second kappa shape index (κ2) is 6.99. The number of nitrogens with one attached hydrogen (secondary N) is 1. The molecule has 0 amide bonds. The van der Waals surface area contributed by atoms with Gasteiger partial charge in [-0.3, -0.25) is 4.57 Å². The molecule has 2 aromatic heterocycles. The quantitative estimate of drug-likeness (QED) is 0.567. The highest BCUT2D eigenvalue weighted by atomic mass is 16.5. The van der Waals surface area contributed by atoms with Crippen molar-refractivity contribution in [1.82, 2.24) is 19.7 Å². The number of imidazole rings is 1. The zero-order valence-electron chi connectivity index (χ0n) is 15.3. The van der Waals surface area contributed by atoms with Crippen LogP contribution in [0.3, 0.4) is 0 Å². The van der Waals surface area contributed by atoms with Crippen LogP contribution in [-0.4, -0.2) is 19.7 Å². The number of rotatable bonds is 5. The van der Waals surface area contributed by atoms with Gasteiger partial charge in [-0.25, -0.2) is 4.79 Å². The van der Waals surface area contributed by atoms with Gasteiger partial charge < -0.3 is 14.2 Å². The van der Waals surface area contributed by atoms with Crippen molar-refractivity contribution in [2.24, 2.45) is 0 Å². The number of H-pyrrole nitrogens is 1. The average Bonchev–Trinajstić information content (AvgIpc) is 3.46. The van der Waals surface area contributed by atoms with E-state index in [2.05, 4.69) is 15.1 Å². The molecule has 0 unspecified atom stereocenters. The SMILES string of the molecule is O=c1[nH]c2cc(-c3noc(COc4ccccc4)n3)ccc2n1C1CCCC1. The lowest BCUT2D eigenvalue weighted by molar-refractivity contribution is 0.243. The second-order valence-electron chi connectivity index (χ2n) is 7.08. The van der Waals surface area contributed by atoms with E-state index in [9.17, 15) is 4.79 Å². The highest BCUT2D eigenvalue weighted by Crippen LogP contribution is 2.31. The number of aromatic amines is 1. The monoisotopic (exact) mass is 376 g/mol. The third-order valence-corrected chi connectivity index (χ3v) is 5.24. The molecule has 1 aliphatic carbocycles. The molecule has 2 aromatic carbocycles. The molecular weight excluding hydrogens is 356 g/mol. The van der Waals surface area contributed by atoms with Crippen molar-refractivity contribution >= 4 is 11.0 Å². The van der Waals surface area contributed by atoms with Crippen molar-refractivity contribution in [3.05, 3.63) is 64.9 Å². The Morgan fingerprint density at radius 1 is 1.14 bits per heavy atom. The highest BCUT2D eigenvalue weighted by Gasteiger charge is 2.21. The minimum absolute atomic E-state index is 0.0517. The van der Waals surface area contributed by atoms with Gasteiger partial charge in [0.2, 0.25) is 5.82 Å². The van der Waals surface area contributed by atoms with E-state index in [1.54, 1.807) is 0 Å². The van der Waals surface area contributed by atoms with Gasteiger partial charge in [0.25, 0.3) is 5.89 Å². The van der Waals surface area contributed by atoms with Gasteiger partial charge in [0.1, 0.15) is 5.75 Å². The van der Waals surface area contributed by atoms with Crippen LogP contribution in [0.4, 0.5) is 0 Å². The van der Waals surface area contributed by atoms with Crippen LogP contribution in [0.15, 0.2) is 57.8 Å². The van der Waals surface area contributed by atoms with Crippen LogP contribution < -0.4 is 10.4 Å². The smallest absolute Gasteiger partial charge is 0.326 e. The van der Waals surface area contributed by atoms with Crippen LogP contribution >= 0.6 is 0 Å². The van der Waals surface area contributed by atoms with E-state index in [1.165, 1.54) is 12.8 Å². The summed E-state index contributed by atoms with van der Waals surface area (Å²) in [6, 6.07) is 15.6. The van der Waals surface area contributed by atoms with Crippen LogP contribution in [0, 0.1) is 0 Å². The normalized spacial score (nSPS) is 14.7. The van der Waals surface area contributed by atoms with Gasteiger partial charge in [-0.05, 0) is 43.2 Å². The number of aromatic nitrogens is 4. The third-order valence-electron chi connectivity index (χ3n) is 5.24. The molecule has 0 atom stereocenters. The van der Waals surface area contributed by atoms with Crippen molar-refractivity contribution in [3.63, 3.8) is 0 Å². The summed E-state index contributed by atoms with van der Waals surface area (Å²) in [6.07, 6.45) is 4.48. The summed E-state index contributed by atoms with van der Waals surface area (Å²) in [5.74, 6) is 1.62. The molecule has 1 saturated carbocycles. The summed E-state index contributed by atoms with van der Waals surface area (Å²) in [5, 5.41) is 4.05. The first-order chi connectivity index (χ1) is 13.8. The predicted octanol–water partition coefficient (Wildman–Crippen LogP) is 4.07. The Morgan fingerprint density at radius 2 is 1.96 bits per heavy atom. The van der Waals surface area contributed by atoms with Gasteiger partial charge >= 0.3 is 5.69 Å². The maximum absolute atomic E-state index is 12.4. The van der Waals surface area contributed by atoms with E-state index in [-0.39, 0.29) is 12.3 Å². The van der Waals surface area contributed by atoms with Gasteiger partial charge in [-0.1, -0.05) is 36.2 Å². The van der Waals surface area contributed by atoms with Crippen molar-refractivity contribution in [2.45, 2.75) is 38.3 Å². The molecule has 28 heavy (non-hydrogen) atoms. The minimum atomic E-state index is -0.0517. The van der Waals surface area contributed by atoms with Crippen LogP contribution in [-0.2, 0) is 6.61 Å². The van der Waals surface area contributed by atoms with Gasteiger partial charge in [-0.2, -0.15) is 4.98 Å². The first kappa shape index (κ1) is 16.8. The molecule has 1 fully saturated rings. The minimum Gasteiger partial charge on any atom is -0.484 e. The predicted molar refractivity (Wildman–Crippen MR) is 104 cm³/mol. The maximum atomic E-state index is 12.4. The first-order valence-corrected chi connectivity index (χ1v) is 9.53. The average molecular weight is 376 g/mol. The molecule has 0 radical (unpaired) electrons. The number of benzene rings is 2. The van der Waals surface area contributed by atoms with Gasteiger partial charge in [0.15, 0.2) is 6.61 Å². The standard InChI is InChI=1S/C21H20N4O3/c26-21-22-17-12-14(10-11-18(17)25(21)15-6-4-5-7-15)20-23-19(28-24-20)13-27-16-8-2-1-3-9-16/h1-3,8-12,15H,4-7,13H2,(H,22,26). The summed E-state index contributed by atoms with van der Waals surface area (Å²) in [4.78, 5) is 19.8. The Hall–Kier alpha value is -3.35. The molecule has 1 N–H and O–H groups in total. The first-order valence-electron chi connectivity index (χ1n) is 9.53. The molecule has 0 saturated heterocycles. The molecule has 7 heteroatoms. The van der Waals surface area contributed by atoms with Crippen molar-refractivity contribution < 1.29 is 9.26 Å². The summed E-state index contributed by atoms with van der Waals surface area (Å²) in [6.45, 7) is 0.203. The topological polar surface area (TPSA) is 85.9 Å². The Labute approximate surface area is 161 Å². The molecule has 142 valence electrons. The molecule has 1 aliphatic rings. The largest absolute Gasteiger partial charge is 0.484 e. The lowest BCUT2D eigenvalue weighted by atomic mass is 10.1. The van der Waals surface area contributed by atoms with Crippen molar-refractivity contribution in [3.8, 4) is 17.1 Å². The van der Waals surface area contributed by atoms with E-state index in [1.807, 2.05) is 53.1 Å².